The van der Waals surface area contributed by atoms with Crippen molar-refractivity contribution in [3.63, 3.8) is 0 Å². The molecule has 1 aromatic heterocycles. The molecule has 0 aliphatic heterocycles. The molecule has 0 spiro atoms. The van der Waals surface area contributed by atoms with Crippen LogP contribution in [0.4, 0.5) is 5.69 Å². The largest absolute Gasteiger partial charge is 0.451 e. The fourth-order valence-electron chi connectivity index (χ4n) is 2.30. The third-order valence-electron chi connectivity index (χ3n) is 3.62. The van der Waals surface area contributed by atoms with Gasteiger partial charge >= 0.3 is 5.91 Å². The summed E-state index contributed by atoms with van der Waals surface area (Å²) in [4.78, 5) is 12.2. The van der Waals surface area contributed by atoms with Gasteiger partial charge in [-0.25, -0.2) is 0 Å². The monoisotopic (exact) mass is 385 g/mol. The van der Waals surface area contributed by atoms with Gasteiger partial charge in [0.25, 0.3) is 0 Å². The summed E-state index contributed by atoms with van der Waals surface area (Å²) in [7, 11) is 0. The minimum absolute atomic E-state index is 0.158. The smallest absolute Gasteiger partial charge is 0.305 e. The van der Waals surface area contributed by atoms with E-state index in [9.17, 15) is 4.79 Å². The Labute approximate surface area is 161 Å². The molecule has 0 aliphatic rings. The van der Waals surface area contributed by atoms with E-state index in [0.29, 0.717) is 10.8 Å². The maximum absolute atomic E-state index is 12.2. The lowest BCUT2D eigenvalue weighted by atomic mass is 10.2. The van der Waals surface area contributed by atoms with E-state index < -0.39 is 5.91 Å². The molecular weight excluding hydrogens is 370 g/mol. The highest BCUT2D eigenvalue weighted by Crippen LogP contribution is 2.24. The van der Waals surface area contributed by atoms with Crippen LogP contribution >= 0.6 is 23.8 Å². The third-order valence-corrected chi connectivity index (χ3v) is 4.06. The van der Waals surface area contributed by atoms with Crippen LogP contribution in [0.2, 0.25) is 5.02 Å². The summed E-state index contributed by atoms with van der Waals surface area (Å²) in [6, 6.07) is 18.2. The molecule has 1 heterocycles. The van der Waals surface area contributed by atoms with E-state index >= 15 is 0 Å². The zero-order valence-electron chi connectivity index (χ0n) is 13.9. The molecule has 0 fully saturated rings. The maximum Gasteiger partial charge on any atom is 0.305 e. The van der Waals surface area contributed by atoms with Gasteiger partial charge in [-0.15, -0.1) is 0 Å². The van der Waals surface area contributed by atoms with Crippen molar-refractivity contribution in [2.75, 3.05) is 5.32 Å². The molecule has 3 rings (SSSR count). The number of benzene rings is 2. The standard InChI is InChI=1S/C19H16ClN3O2S/c1-12-5-2-3-8-15(12)21-19(26)23-22-18(24)17-10-9-16(25-17)13-6-4-7-14(20)11-13/h2-11H,1H3,(H,22,24)(H2,21,23,26). The molecule has 0 bridgehead atoms. The fourth-order valence-corrected chi connectivity index (χ4v) is 2.65. The van der Waals surface area contributed by atoms with Crippen LogP contribution in [0.15, 0.2) is 65.1 Å². The number of carbonyl (C=O) groups is 1. The lowest BCUT2D eigenvalue weighted by Crippen LogP contribution is -2.43. The molecule has 132 valence electrons. The average molecular weight is 386 g/mol. The second-order valence-corrected chi connectivity index (χ2v) is 6.37. The Morgan fingerprint density at radius 2 is 1.85 bits per heavy atom. The predicted molar refractivity (Wildman–Crippen MR) is 107 cm³/mol. The molecule has 3 N–H and O–H groups in total. The Bertz CT molecular complexity index is 955. The summed E-state index contributed by atoms with van der Waals surface area (Å²) in [6.45, 7) is 1.96. The molecule has 26 heavy (non-hydrogen) atoms. The fraction of sp³-hybridized carbons (Fsp3) is 0.0526. The van der Waals surface area contributed by atoms with Crippen LogP contribution in [0.5, 0.6) is 0 Å². The van der Waals surface area contributed by atoms with Gasteiger partial charge in [-0.2, -0.15) is 0 Å². The topological polar surface area (TPSA) is 66.3 Å². The molecule has 0 saturated carbocycles. The summed E-state index contributed by atoms with van der Waals surface area (Å²) >= 11 is 11.2. The summed E-state index contributed by atoms with van der Waals surface area (Å²) in [5, 5.41) is 3.88. The van der Waals surface area contributed by atoms with Crippen LogP contribution in [-0.4, -0.2) is 11.0 Å². The average Bonchev–Trinajstić information content (AvgIpc) is 3.12. The first-order valence-electron chi connectivity index (χ1n) is 7.81. The number of amides is 1. The van der Waals surface area contributed by atoms with Gasteiger partial charge in [-0.3, -0.25) is 15.6 Å². The minimum atomic E-state index is -0.438. The van der Waals surface area contributed by atoms with Gasteiger partial charge in [-0.05, 0) is 55.0 Å². The van der Waals surface area contributed by atoms with Gasteiger partial charge in [0.2, 0.25) is 0 Å². The summed E-state index contributed by atoms with van der Waals surface area (Å²) in [5.41, 5.74) is 7.85. The van der Waals surface area contributed by atoms with E-state index in [0.717, 1.165) is 16.8 Å². The van der Waals surface area contributed by atoms with Crippen LogP contribution in [0.1, 0.15) is 16.1 Å². The van der Waals surface area contributed by atoms with Crippen molar-refractivity contribution >= 4 is 40.5 Å². The minimum Gasteiger partial charge on any atom is -0.451 e. The van der Waals surface area contributed by atoms with E-state index in [1.807, 2.05) is 43.3 Å². The molecular formula is C19H16ClN3O2S. The number of nitrogens with one attached hydrogen (secondary N) is 3. The Balaban J connectivity index is 1.59. The number of thiocarbonyl (C=S) groups is 1. The molecule has 0 saturated heterocycles. The van der Waals surface area contributed by atoms with Crippen molar-refractivity contribution in [3.05, 3.63) is 77.0 Å². The van der Waals surface area contributed by atoms with Crippen molar-refractivity contribution in [1.82, 2.24) is 10.9 Å². The predicted octanol–water partition coefficient (Wildman–Crippen LogP) is 4.54. The van der Waals surface area contributed by atoms with Gasteiger partial charge in [0, 0.05) is 16.3 Å². The third kappa shape index (κ3) is 4.41. The molecule has 2 aromatic carbocycles. The van der Waals surface area contributed by atoms with Crippen molar-refractivity contribution in [2.24, 2.45) is 0 Å². The second-order valence-electron chi connectivity index (χ2n) is 5.52. The molecule has 0 radical (unpaired) electrons. The number of anilines is 1. The van der Waals surface area contributed by atoms with E-state index in [4.69, 9.17) is 28.2 Å². The number of hydrogen-bond donors (Lipinski definition) is 3. The van der Waals surface area contributed by atoms with Gasteiger partial charge < -0.3 is 9.73 Å². The Morgan fingerprint density at radius 1 is 1.04 bits per heavy atom. The number of para-hydroxylation sites is 1. The molecule has 1 amide bonds. The number of halogens is 1. The number of rotatable bonds is 3. The molecule has 0 aliphatic carbocycles. The van der Waals surface area contributed by atoms with E-state index in [1.165, 1.54) is 0 Å². The first-order valence-corrected chi connectivity index (χ1v) is 8.60. The van der Waals surface area contributed by atoms with Crippen molar-refractivity contribution in [2.45, 2.75) is 6.92 Å². The first-order chi connectivity index (χ1) is 12.5. The van der Waals surface area contributed by atoms with Gasteiger partial charge in [0.1, 0.15) is 5.76 Å². The number of hydrogen-bond acceptors (Lipinski definition) is 3. The second kappa shape index (κ2) is 8.03. The van der Waals surface area contributed by atoms with Crippen molar-refractivity contribution in [3.8, 4) is 11.3 Å². The van der Waals surface area contributed by atoms with Gasteiger partial charge in [0.05, 0.1) is 0 Å². The Hall–Kier alpha value is -2.83. The van der Waals surface area contributed by atoms with Crippen molar-refractivity contribution in [1.29, 1.82) is 0 Å². The molecule has 3 aromatic rings. The lowest BCUT2D eigenvalue weighted by molar-refractivity contribution is 0.0917. The van der Waals surface area contributed by atoms with Crippen LogP contribution < -0.4 is 16.2 Å². The first kappa shape index (κ1) is 18.0. The normalized spacial score (nSPS) is 10.2. The number of carbonyl (C=O) groups excluding carboxylic acids is 1. The van der Waals surface area contributed by atoms with Gasteiger partial charge in [0.15, 0.2) is 10.9 Å². The molecule has 0 unspecified atom stereocenters. The summed E-state index contributed by atoms with van der Waals surface area (Å²) in [6.07, 6.45) is 0. The Morgan fingerprint density at radius 3 is 2.62 bits per heavy atom. The van der Waals surface area contributed by atoms with Crippen LogP contribution in [-0.2, 0) is 0 Å². The summed E-state index contributed by atoms with van der Waals surface area (Å²) < 4.78 is 5.58. The van der Waals surface area contributed by atoms with E-state index in [-0.39, 0.29) is 10.9 Å². The van der Waals surface area contributed by atoms with Gasteiger partial charge in [-0.1, -0.05) is 41.9 Å². The highest BCUT2D eigenvalue weighted by molar-refractivity contribution is 7.80. The number of furan rings is 1. The SMILES string of the molecule is Cc1ccccc1NC(=S)NNC(=O)c1ccc(-c2cccc(Cl)c2)o1. The molecule has 0 atom stereocenters. The molecule has 7 heteroatoms. The van der Waals surface area contributed by atoms with Crippen LogP contribution in [0.25, 0.3) is 11.3 Å². The lowest BCUT2D eigenvalue weighted by Gasteiger charge is -2.12. The molecule has 5 nitrogen and oxygen atoms in total. The number of hydrazine groups is 1. The number of aryl methyl sites for hydroxylation is 1. The van der Waals surface area contributed by atoms with E-state index in [1.54, 1.807) is 24.3 Å². The maximum atomic E-state index is 12.2. The van der Waals surface area contributed by atoms with Crippen LogP contribution in [0.3, 0.4) is 0 Å². The quantitative estimate of drug-likeness (QED) is 0.456. The zero-order valence-corrected chi connectivity index (χ0v) is 15.4. The Kier molecular flexibility index (Phi) is 5.55. The van der Waals surface area contributed by atoms with Crippen LogP contribution in [0, 0.1) is 6.92 Å². The van der Waals surface area contributed by atoms with E-state index in [2.05, 4.69) is 16.2 Å². The summed E-state index contributed by atoms with van der Waals surface area (Å²) in [5.74, 6) is 0.275. The zero-order chi connectivity index (χ0) is 18.5. The van der Waals surface area contributed by atoms with Crippen molar-refractivity contribution < 1.29 is 9.21 Å². The highest BCUT2D eigenvalue weighted by Gasteiger charge is 2.12. The highest BCUT2D eigenvalue weighted by atomic mass is 35.5.